The Kier molecular flexibility index (Phi) is 4.34. The van der Waals surface area contributed by atoms with Crippen molar-refractivity contribution in [2.24, 2.45) is 0 Å². The van der Waals surface area contributed by atoms with E-state index in [1.54, 1.807) is 55.8 Å². The third-order valence-corrected chi connectivity index (χ3v) is 4.95. The highest BCUT2D eigenvalue weighted by Gasteiger charge is 2.20. The molecule has 0 aliphatic carbocycles. The van der Waals surface area contributed by atoms with Gasteiger partial charge in [0.2, 0.25) is 10.0 Å². The number of pyridine rings is 1. The molecule has 100 valence electrons. The van der Waals surface area contributed by atoms with E-state index >= 15 is 0 Å². The molecule has 0 bridgehead atoms. The minimum Gasteiger partial charge on any atom is -0.265 e. The monoisotopic (exact) mass is 340 g/mol. The van der Waals surface area contributed by atoms with Crippen LogP contribution in [0.2, 0.25) is 0 Å². The van der Waals surface area contributed by atoms with Gasteiger partial charge < -0.3 is 0 Å². The zero-order chi connectivity index (χ0) is 13.9. The number of aromatic nitrogens is 1. The van der Waals surface area contributed by atoms with Gasteiger partial charge in [0, 0.05) is 30.5 Å². The average Bonchev–Trinajstić information content (AvgIpc) is 2.40. The van der Waals surface area contributed by atoms with E-state index in [4.69, 9.17) is 0 Å². The minimum atomic E-state index is -3.48. The van der Waals surface area contributed by atoms with E-state index in [1.165, 1.54) is 4.31 Å². The number of hydrogen-bond acceptors (Lipinski definition) is 3. The molecule has 19 heavy (non-hydrogen) atoms. The average molecular weight is 341 g/mol. The zero-order valence-corrected chi connectivity index (χ0v) is 12.7. The normalized spacial score (nSPS) is 11.7. The largest absolute Gasteiger partial charge is 0.265 e. The molecule has 0 saturated carbocycles. The third-order valence-electron chi connectivity index (χ3n) is 2.66. The summed E-state index contributed by atoms with van der Waals surface area (Å²) in [6, 6.07) is 10.3. The molecule has 1 aromatic carbocycles. The van der Waals surface area contributed by atoms with Crippen LogP contribution in [0.4, 0.5) is 0 Å². The molecule has 0 unspecified atom stereocenters. The first-order chi connectivity index (χ1) is 9.00. The van der Waals surface area contributed by atoms with Crippen molar-refractivity contribution in [1.82, 2.24) is 9.29 Å². The van der Waals surface area contributed by atoms with Gasteiger partial charge in [-0.2, -0.15) is 4.31 Å². The number of hydrogen-bond donors (Lipinski definition) is 0. The second kappa shape index (κ2) is 5.81. The fourth-order valence-electron chi connectivity index (χ4n) is 1.64. The molecule has 0 amide bonds. The van der Waals surface area contributed by atoms with Crippen LogP contribution in [0.5, 0.6) is 0 Å². The van der Waals surface area contributed by atoms with Crippen molar-refractivity contribution in [2.45, 2.75) is 11.4 Å². The lowest BCUT2D eigenvalue weighted by Crippen LogP contribution is -2.26. The van der Waals surface area contributed by atoms with Crippen LogP contribution in [0.25, 0.3) is 0 Å². The van der Waals surface area contributed by atoms with Crippen LogP contribution in [0.3, 0.4) is 0 Å². The van der Waals surface area contributed by atoms with E-state index in [2.05, 4.69) is 20.9 Å². The van der Waals surface area contributed by atoms with E-state index in [0.717, 1.165) is 10.0 Å². The lowest BCUT2D eigenvalue weighted by molar-refractivity contribution is 0.466. The summed E-state index contributed by atoms with van der Waals surface area (Å²) >= 11 is 3.28. The van der Waals surface area contributed by atoms with Crippen LogP contribution in [-0.4, -0.2) is 24.8 Å². The third kappa shape index (κ3) is 3.40. The fourth-order valence-corrected chi connectivity index (χ4v) is 3.39. The Morgan fingerprint density at radius 1 is 1.21 bits per heavy atom. The first-order valence-corrected chi connectivity index (χ1v) is 7.84. The number of halogens is 1. The fraction of sp³-hybridized carbons (Fsp3) is 0.154. The molecule has 0 aliphatic heterocycles. The maximum atomic E-state index is 12.4. The predicted octanol–water partition coefficient (Wildman–Crippen LogP) is 2.66. The van der Waals surface area contributed by atoms with Crippen molar-refractivity contribution in [3.8, 4) is 0 Å². The van der Waals surface area contributed by atoms with Gasteiger partial charge in [0.05, 0.1) is 4.90 Å². The van der Waals surface area contributed by atoms with Crippen LogP contribution < -0.4 is 0 Å². The van der Waals surface area contributed by atoms with Gasteiger partial charge in [0.25, 0.3) is 0 Å². The molecule has 0 saturated heterocycles. The van der Waals surface area contributed by atoms with Gasteiger partial charge in [-0.25, -0.2) is 8.42 Å². The topological polar surface area (TPSA) is 50.3 Å². The van der Waals surface area contributed by atoms with Gasteiger partial charge in [-0.05, 0) is 35.9 Å². The maximum absolute atomic E-state index is 12.4. The lowest BCUT2D eigenvalue weighted by atomic mass is 10.3. The minimum absolute atomic E-state index is 0.276. The van der Waals surface area contributed by atoms with Crippen LogP contribution in [0.1, 0.15) is 5.56 Å². The summed E-state index contributed by atoms with van der Waals surface area (Å²) < 4.78 is 26.8. The van der Waals surface area contributed by atoms with Gasteiger partial charge in [-0.3, -0.25) is 4.98 Å². The Balaban J connectivity index is 2.25. The lowest BCUT2D eigenvalue weighted by Gasteiger charge is -2.17. The first-order valence-electron chi connectivity index (χ1n) is 5.61. The molecule has 0 atom stereocenters. The highest BCUT2D eigenvalue weighted by molar-refractivity contribution is 9.10. The van der Waals surface area contributed by atoms with Crippen LogP contribution in [0.15, 0.2) is 58.2 Å². The SMILES string of the molecule is CN(Cc1ccncc1)S(=O)(=O)c1cccc(Br)c1. The van der Waals surface area contributed by atoms with Crippen molar-refractivity contribution < 1.29 is 8.42 Å². The van der Waals surface area contributed by atoms with E-state index < -0.39 is 10.0 Å². The molecular weight excluding hydrogens is 328 g/mol. The molecule has 4 nitrogen and oxygen atoms in total. The van der Waals surface area contributed by atoms with Gasteiger partial charge in [-0.1, -0.05) is 22.0 Å². The second-order valence-corrected chi connectivity index (χ2v) is 7.03. The van der Waals surface area contributed by atoms with E-state index in [0.29, 0.717) is 6.54 Å². The molecule has 0 N–H and O–H groups in total. The van der Waals surface area contributed by atoms with Crippen LogP contribution >= 0.6 is 15.9 Å². The number of rotatable bonds is 4. The van der Waals surface area contributed by atoms with E-state index in [1.807, 2.05) is 0 Å². The first kappa shape index (κ1) is 14.2. The Labute approximate surface area is 121 Å². The Bertz CT molecular complexity index is 659. The summed E-state index contributed by atoms with van der Waals surface area (Å²) in [5, 5.41) is 0. The molecule has 0 fully saturated rings. The molecule has 0 aliphatic rings. The Morgan fingerprint density at radius 2 is 1.89 bits per heavy atom. The molecule has 1 aromatic heterocycles. The van der Waals surface area contributed by atoms with Crippen molar-refractivity contribution in [3.05, 3.63) is 58.8 Å². The smallest absolute Gasteiger partial charge is 0.243 e. The highest BCUT2D eigenvalue weighted by Crippen LogP contribution is 2.20. The highest BCUT2D eigenvalue weighted by atomic mass is 79.9. The van der Waals surface area contributed by atoms with Crippen molar-refractivity contribution in [1.29, 1.82) is 0 Å². The zero-order valence-electron chi connectivity index (χ0n) is 10.3. The van der Waals surface area contributed by atoms with E-state index in [9.17, 15) is 8.42 Å². The van der Waals surface area contributed by atoms with Crippen LogP contribution in [-0.2, 0) is 16.6 Å². The summed E-state index contributed by atoms with van der Waals surface area (Å²) in [6.45, 7) is 0.317. The summed E-state index contributed by atoms with van der Waals surface area (Å²) in [5.74, 6) is 0. The molecule has 0 radical (unpaired) electrons. The van der Waals surface area contributed by atoms with Gasteiger partial charge in [0.15, 0.2) is 0 Å². The quantitative estimate of drug-likeness (QED) is 0.859. The number of benzene rings is 1. The van der Waals surface area contributed by atoms with Crippen LogP contribution in [0, 0.1) is 0 Å². The number of nitrogens with zero attached hydrogens (tertiary/aromatic N) is 2. The van der Waals surface area contributed by atoms with E-state index in [-0.39, 0.29) is 4.90 Å². The molecule has 6 heteroatoms. The molecule has 0 spiro atoms. The summed E-state index contributed by atoms with van der Waals surface area (Å²) in [4.78, 5) is 4.19. The summed E-state index contributed by atoms with van der Waals surface area (Å²) in [6.07, 6.45) is 3.30. The molecule has 2 aromatic rings. The molecular formula is C13H13BrN2O2S. The Hall–Kier alpha value is -1.24. The van der Waals surface area contributed by atoms with Crippen molar-refractivity contribution >= 4 is 26.0 Å². The summed E-state index contributed by atoms with van der Waals surface area (Å²) in [5.41, 5.74) is 0.899. The van der Waals surface area contributed by atoms with Gasteiger partial charge in [0.1, 0.15) is 0 Å². The van der Waals surface area contributed by atoms with Gasteiger partial charge in [-0.15, -0.1) is 0 Å². The van der Waals surface area contributed by atoms with Crippen molar-refractivity contribution in [3.63, 3.8) is 0 Å². The Morgan fingerprint density at radius 3 is 2.53 bits per heavy atom. The van der Waals surface area contributed by atoms with Gasteiger partial charge >= 0.3 is 0 Å². The summed E-state index contributed by atoms with van der Waals surface area (Å²) in [7, 11) is -1.91. The molecule has 1 heterocycles. The number of sulfonamides is 1. The maximum Gasteiger partial charge on any atom is 0.243 e. The standard InChI is InChI=1S/C13H13BrN2O2S/c1-16(10-11-5-7-15-8-6-11)19(17,18)13-4-2-3-12(14)9-13/h2-9H,10H2,1H3. The predicted molar refractivity (Wildman–Crippen MR) is 77.0 cm³/mol. The van der Waals surface area contributed by atoms with Crippen molar-refractivity contribution in [2.75, 3.05) is 7.05 Å². The molecule has 2 rings (SSSR count). The second-order valence-electron chi connectivity index (χ2n) is 4.07.